The van der Waals surface area contributed by atoms with E-state index in [-0.39, 0.29) is 0 Å². The summed E-state index contributed by atoms with van der Waals surface area (Å²) in [4.78, 5) is 3.59. The number of hydrogen-bond donors (Lipinski definition) is 1. The molecule has 0 aliphatic carbocycles. The molecular weight excluding hydrogens is 272 g/mol. The standard InChI is InChI=1S/C15H26N2O2S/c1-18-10-5-8-17(9-11-19-2)14-6-4-7-15(20-3)13(14)12-16/h4,6-7H,5,8-12,16H2,1-3H3. The predicted molar refractivity (Wildman–Crippen MR) is 86.7 cm³/mol. The van der Waals surface area contributed by atoms with Crippen LogP contribution in [-0.2, 0) is 16.0 Å². The van der Waals surface area contributed by atoms with Crippen molar-refractivity contribution in [1.82, 2.24) is 0 Å². The second kappa shape index (κ2) is 10.0. The maximum absolute atomic E-state index is 5.95. The highest BCUT2D eigenvalue weighted by molar-refractivity contribution is 7.98. The first-order valence-corrected chi connectivity index (χ1v) is 8.09. The Morgan fingerprint density at radius 3 is 2.50 bits per heavy atom. The van der Waals surface area contributed by atoms with E-state index in [1.54, 1.807) is 26.0 Å². The number of methoxy groups -OCH3 is 2. The van der Waals surface area contributed by atoms with E-state index in [0.717, 1.165) is 26.1 Å². The molecule has 20 heavy (non-hydrogen) atoms. The van der Waals surface area contributed by atoms with Crippen molar-refractivity contribution in [3.8, 4) is 0 Å². The molecule has 0 aliphatic heterocycles. The molecule has 0 radical (unpaired) electrons. The lowest BCUT2D eigenvalue weighted by molar-refractivity contribution is 0.191. The minimum Gasteiger partial charge on any atom is -0.385 e. The molecule has 0 atom stereocenters. The third-order valence-corrected chi connectivity index (χ3v) is 4.04. The Bertz CT molecular complexity index is 388. The van der Waals surface area contributed by atoms with E-state index in [4.69, 9.17) is 15.2 Å². The van der Waals surface area contributed by atoms with Crippen LogP contribution in [0.4, 0.5) is 5.69 Å². The van der Waals surface area contributed by atoms with Crippen molar-refractivity contribution in [3.05, 3.63) is 23.8 Å². The van der Waals surface area contributed by atoms with Crippen molar-refractivity contribution in [3.63, 3.8) is 0 Å². The van der Waals surface area contributed by atoms with Gasteiger partial charge in [-0.15, -0.1) is 11.8 Å². The molecule has 114 valence electrons. The Hall–Kier alpha value is -0.750. The fourth-order valence-electron chi connectivity index (χ4n) is 2.20. The van der Waals surface area contributed by atoms with Gasteiger partial charge in [0.25, 0.3) is 0 Å². The van der Waals surface area contributed by atoms with Gasteiger partial charge in [0.2, 0.25) is 0 Å². The summed E-state index contributed by atoms with van der Waals surface area (Å²) >= 11 is 1.74. The van der Waals surface area contributed by atoms with Crippen LogP contribution in [-0.4, -0.2) is 46.8 Å². The van der Waals surface area contributed by atoms with Gasteiger partial charge in [-0.3, -0.25) is 0 Å². The van der Waals surface area contributed by atoms with Crippen molar-refractivity contribution in [1.29, 1.82) is 0 Å². The Labute approximate surface area is 126 Å². The van der Waals surface area contributed by atoms with E-state index in [1.165, 1.54) is 16.1 Å². The van der Waals surface area contributed by atoms with Crippen molar-refractivity contribution in [2.24, 2.45) is 5.73 Å². The van der Waals surface area contributed by atoms with Crippen molar-refractivity contribution < 1.29 is 9.47 Å². The number of anilines is 1. The van der Waals surface area contributed by atoms with E-state index in [2.05, 4.69) is 29.4 Å². The molecule has 0 saturated carbocycles. The van der Waals surface area contributed by atoms with Gasteiger partial charge in [-0.1, -0.05) is 6.07 Å². The van der Waals surface area contributed by atoms with Gasteiger partial charge in [0, 0.05) is 56.6 Å². The summed E-state index contributed by atoms with van der Waals surface area (Å²) in [5.74, 6) is 0. The summed E-state index contributed by atoms with van der Waals surface area (Å²) in [6, 6.07) is 6.36. The number of nitrogens with zero attached hydrogens (tertiary/aromatic N) is 1. The second-order valence-electron chi connectivity index (χ2n) is 4.49. The van der Waals surface area contributed by atoms with Crippen LogP contribution in [0.25, 0.3) is 0 Å². The molecule has 0 aromatic heterocycles. The van der Waals surface area contributed by atoms with Gasteiger partial charge in [-0.25, -0.2) is 0 Å². The zero-order chi connectivity index (χ0) is 14.8. The van der Waals surface area contributed by atoms with Gasteiger partial charge < -0.3 is 20.1 Å². The quantitative estimate of drug-likeness (QED) is 0.531. The molecule has 1 rings (SSSR count). The third-order valence-electron chi connectivity index (χ3n) is 3.21. The summed E-state index contributed by atoms with van der Waals surface area (Å²) in [5.41, 5.74) is 8.38. The van der Waals surface area contributed by atoms with Crippen molar-refractivity contribution in [2.75, 3.05) is 51.7 Å². The van der Waals surface area contributed by atoms with Gasteiger partial charge in [-0.2, -0.15) is 0 Å². The van der Waals surface area contributed by atoms with Gasteiger partial charge in [0.05, 0.1) is 6.61 Å². The average molecular weight is 298 g/mol. The molecule has 0 saturated heterocycles. The average Bonchev–Trinajstić information content (AvgIpc) is 2.49. The molecular formula is C15H26N2O2S. The Morgan fingerprint density at radius 1 is 1.15 bits per heavy atom. The maximum Gasteiger partial charge on any atom is 0.0637 e. The van der Waals surface area contributed by atoms with Crippen LogP contribution in [0.3, 0.4) is 0 Å². The van der Waals surface area contributed by atoms with E-state index >= 15 is 0 Å². The summed E-state index contributed by atoms with van der Waals surface area (Å²) in [6.07, 6.45) is 3.08. The normalized spacial score (nSPS) is 10.8. The summed E-state index contributed by atoms with van der Waals surface area (Å²) in [5, 5.41) is 0. The van der Waals surface area contributed by atoms with Gasteiger partial charge >= 0.3 is 0 Å². The molecule has 1 aromatic rings. The smallest absolute Gasteiger partial charge is 0.0637 e. The number of benzene rings is 1. The van der Waals surface area contributed by atoms with Crippen LogP contribution in [0.5, 0.6) is 0 Å². The lowest BCUT2D eigenvalue weighted by Gasteiger charge is -2.27. The van der Waals surface area contributed by atoms with Crippen LogP contribution < -0.4 is 10.6 Å². The highest BCUT2D eigenvalue weighted by atomic mass is 32.2. The number of rotatable bonds is 10. The third kappa shape index (κ3) is 4.98. The van der Waals surface area contributed by atoms with Crippen LogP contribution >= 0.6 is 11.8 Å². The highest BCUT2D eigenvalue weighted by Gasteiger charge is 2.13. The first kappa shape index (κ1) is 17.3. The Balaban J connectivity index is 2.92. The molecule has 2 N–H and O–H groups in total. The van der Waals surface area contributed by atoms with Crippen molar-refractivity contribution in [2.45, 2.75) is 17.9 Å². The molecule has 0 spiro atoms. The molecule has 1 aromatic carbocycles. The molecule has 0 fully saturated rings. The van der Waals surface area contributed by atoms with E-state index in [9.17, 15) is 0 Å². The molecule has 0 heterocycles. The second-order valence-corrected chi connectivity index (χ2v) is 5.34. The Morgan fingerprint density at radius 2 is 1.90 bits per heavy atom. The fourth-order valence-corrected chi connectivity index (χ4v) is 2.85. The SMILES string of the molecule is COCCCN(CCOC)c1cccc(SC)c1CN. The number of nitrogens with two attached hydrogens (primary N) is 1. The van der Waals surface area contributed by atoms with Crippen LogP contribution in [0, 0.1) is 0 Å². The first-order valence-electron chi connectivity index (χ1n) is 6.87. The molecule has 5 heteroatoms. The minimum absolute atomic E-state index is 0.556. The summed E-state index contributed by atoms with van der Waals surface area (Å²) in [7, 11) is 3.47. The van der Waals surface area contributed by atoms with E-state index in [0.29, 0.717) is 13.2 Å². The zero-order valence-corrected chi connectivity index (χ0v) is 13.5. The highest BCUT2D eigenvalue weighted by Crippen LogP contribution is 2.29. The zero-order valence-electron chi connectivity index (χ0n) is 12.7. The molecule has 0 aliphatic rings. The lowest BCUT2D eigenvalue weighted by Crippen LogP contribution is -2.30. The fraction of sp³-hybridized carbons (Fsp3) is 0.600. The Kier molecular flexibility index (Phi) is 8.69. The molecule has 0 amide bonds. The monoisotopic (exact) mass is 298 g/mol. The summed E-state index contributed by atoms with van der Waals surface area (Å²) < 4.78 is 10.4. The van der Waals surface area contributed by atoms with E-state index in [1.807, 2.05) is 0 Å². The van der Waals surface area contributed by atoms with Crippen molar-refractivity contribution >= 4 is 17.4 Å². The first-order chi connectivity index (χ1) is 9.78. The topological polar surface area (TPSA) is 47.7 Å². The van der Waals surface area contributed by atoms with E-state index < -0.39 is 0 Å². The molecule has 0 bridgehead atoms. The lowest BCUT2D eigenvalue weighted by atomic mass is 10.1. The number of ether oxygens (including phenoxy) is 2. The van der Waals surface area contributed by atoms with Crippen LogP contribution in [0.2, 0.25) is 0 Å². The van der Waals surface area contributed by atoms with Crippen LogP contribution in [0.1, 0.15) is 12.0 Å². The number of hydrogen-bond acceptors (Lipinski definition) is 5. The molecule has 0 unspecified atom stereocenters. The minimum atomic E-state index is 0.556. The van der Waals surface area contributed by atoms with Gasteiger partial charge in [0.1, 0.15) is 0 Å². The summed E-state index contributed by atoms with van der Waals surface area (Å²) in [6.45, 7) is 3.84. The molecule has 4 nitrogen and oxygen atoms in total. The number of thioether (sulfide) groups is 1. The van der Waals surface area contributed by atoms with Gasteiger partial charge in [0.15, 0.2) is 0 Å². The van der Waals surface area contributed by atoms with Crippen LogP contribution in [0.15, 0.2) is 23.1 Å². The maximum atomic E-state index is 5.95. The predicted octanol–water partition coefficient (Wildman–Crippen LogP) is 2.36. The largest absolute Gasteiger partial charge is 0.385 e. The van der Waals surface area contributed by atoms with Gasteiger partial charge in [-0.05, 0) is 24.8 Å².